The molecule has 7 heteroatoms. The molecule has 1 aromatic heterocycles. The summed E-state index contributed by atoms with van der Waals surface area (Å²) >= 11 is 6.16. The number of fused-ring (bicyclic) bond motifs is 1. The molecule has 1 amide bonds. The van der Waals surface area contributed by atoms with Crippen molar-refractivity contribution < 1.29 is 9.53 Å². The molecule has 1 aliphatic heterocycles. The fourth-order valence-corrected chi connectivity index (χ4v) is 4.33. The van der Waals surface area contributed by atoms with Gasteiger partial charge in [-0.1, -0.05) is 23.2 Å². The molecule has 1 aliphatic rings. The fraction of sp³-hybridized carbons (Fsp3) is 0.292. The molecular formula is C24H23ClN4O2. The van der Waals surface area contributed by atoms with Crippen LogP contribution in [0.4, 0.5) is 11.4 Å². The van der Waals surface area contributed by atoms with Crippen LogP contribution in [0, 0.1) is 24.2 Å². The number of carbonyl (C=O) groups excluding carboxylic acids is 1. The van der Waals surface area contributed by atoms with Crippen LogP contribution >= 0.6 is 11.6 Å². The van der Waals surface area contributed by atoms with Crippen LogP contribution in [0.3, 0.4) is 0 Å². The number of halogens is 1. The van der Waals surface area contributed by atoms with E-state index in [1.807, 2.05) is 19.1 Å². The number of carbonyl (C=O) groups is 1. The number of rotatable bonds is 4. The molecule has 1 saturated heterocycles. The SMILES string of the molecule is COc1ccc(NC(=O)C2CCN(c3c(C#N)cnc4ccc(C)cc34)CC2)cc1Cl. The summed E-state index contributed by atoms with van der Waals surface area (Å²) in [6.45, 7) is 3.43. The molecule has 0 spiro atoms. The van der Waals surface area contributed by atoms with Gasteiger partial charge in [0.2, 0.25) is 5.91 Å². The van der Waals surface area contributed by atoms with Gasteiger partial charge in [0.15, 0.2) is 0 Å². The van der Waals surface area contributed by atoms with Gasteiger partial charge in [0.25, 0.3) is 0 Å². The predicted molar refractivity (Wildman–Crippen MR) is 123 cm³/mol. The largest absolute Gasteiger partial charge is 0.495 e. The lowest BCUT2D eigenvalue weighted by Gasteiger charge is -2.34. The van der Waals surface area contributed by atoms with Crippen LogP contribution in [0.15, 0.2) is 42.6 Å². The van der Waals surface area contributed by atoms with Gasteiger partial charge < -0.3 is 15.0 Å². The number of nitriles is 1. The van der Waals surface area contributed by atoms with E-state index in [-0.39, 0.29) is 11.8 Å². The summed E-state index contributed by atoms with van der Waals surface area (Å²) in [5.41, 5.74) is 4.13. The van der Waals surface area contributed by atoms with Crippen molar-refractivity contribution in [2.45, 2.75) is 19.8 Å². The van der Waals surface area contributed by atoms with Crippen LogP contribution in [0.1, 0.15) is 24.0 Å². The summed E-state index contributed by atoms with van der Waals surface area (Å²) in [7, 11) is 1.55. The molecule has 2 aromatic carbocycles. The van der Waals surface area contributed by atoms with Crippen molar-refractivity contribution >= 4 is 39.8 Å². The number of aromatic nitrogens is 1. The van der Waals surface area contributed by atoms with Crippen molar-refractivity contribution in [2.24, 2.45) is 5.92 Å². The number of amides is 1. The highest BCUT2D eigenvalue weighted by Crippen LogP contribution is 2.33. The Morgan fingerprint density at radius 1 is 1.26 bits per heavy atom. The first kappa shape index (κ1) is 21.0. The summed E-state index contributed by atoms with van der Waals surface area (Å²) in [6, 6.07) is 13.6. The minimum atomic E-state index is -0.0995. The first-order valence-corrected chi connectivity index (χ1v) is 10.6. The second-order valence-corrected chi connectivity index (χ2v) is 8.16. The Labute approximate surface area is 186 Å². The van der Waals surface area contributed by atoms with Crippen LogP contribution in [0.2, 0.25) is 5.02 Å². The number of hydrogen-bond acceptors (Lipinski definition) is 5. The van der Waals surface area contributed by atoms with Gasteiger partial charge in [0.1, 0.15) is 11.8 Å². The Hall–Kier alpha value is -3.30. The lowest BCUT2D eigenvalue weighted by molar-refractivity contribution is -0.120. The quantitative estimate of drug-likeness (QED) is 0.629. The Kier molecular flexibility index (Phi) is 5.97. The number of hydrogen-bond donors (Lipinski definition) is 1. The maximum Gasteiger partial charge on any atom is 0.227 e. The molecule has 1 N–H and O–H groups in total. The van der Waals surface area contributed by atoms with E-state index in [9.17, 15) is 10.1 Å². The fourth-order valence-electron chi connectivity index (χ4n) is 4.07. The van der Waals surface area contributed by atoms with E-state index in [1.165, 1.54) is 0 Å². The zero-order valence-corrected chi connectivity index (χ0v) is 18.2. The standard InChI is InChI=1S/C24H23ClN4O2/c1-15-3-5-21-19(11-15)23(17(13-26)14-27-21)29-9-7-16(8-10-29)24(30)28-18-4-6-22(31-2)20(25)12-18/h3-6,11-12,14,16H,7-10H2,1-2H3,(H,28,30). The van der Waals surface area contributed by atoms with Crippen LogP contribution in [0.5, 0.6) is 5.75 Å². The molecule has 0 atom stereocenters. The van der Waals surface area contributed by atoms with E-state index in [1.54, 1.807) is 31.5 Å². The molecule has 31 heavy (non-hydrogen) atoms. The van der Waals surface area contributed by atoms with Gasteiger partial charge in [-0.15, -0.1) is 0 Å². The molecule has 0 unspecified atom stereocenters. The Morgan fingerprint density at radius 2 is 2.03 bits per heavy atom. The molecule has 0 aliphatic carbocycles. The number of nitrogens with one attached hydrogen (secondary N) is 1. The van der Waals surface area contributed by atoms with Gasteiger partial charge in [-0.2, -0.15) is 5.26 Å². The highest BCUT2D eigenvalue weighted by molar-refractivity contribution is 6.32. The average Bonchev–Trinajstić information content (AvgIpc) is 2.78. The molecule has 0 saturated carbocycles. The topological polar surface area (TPSA) is 78.2 Å². The Morgan fingerprint density at radius 3 is 2.71 bits per heavy atom. The van der Waals surface area contributed by atoms with Crippen LogP contribution in [-0.2, 0) is 4.79 Å². The third-order valence-electron chi connectivity index (χ3n) is 5.72. The predicted octanol–water partition coefficient (Wildman–Crippen LogP) is 4.93. The summed E-state index contributed by atoms with van der Waals surface area (Å²) in [6.07, 6.45) is 3.05. The van der Waals surface area contributed by atoms with Crippen LogP contribution in [0.25, 0.3) is 10.9 Å². The van der Waals surface area contributed by atoms with Gasteiger partial charge in [-0.3, -0.25) is 9.78 Å². The van der Waals surface area contributed by atoms with E-state index in [4.69, 9.17) is 16.3 Å². The van der Waals surface area contributed by atoms with Crippen molar-refractivity contribution in [3.63, 3.8) is 0 Å². The molecule has 0 bridgehead atoms. The lowest BCUT2D eigenvalue weighted by atomic mass is 9.94. The minimum absolute atomic E-state index is 0.0168. The molecule has 0 radical (unpaired) electrons. The molecule has 1 fully saturated rings. The van der Waals surface area contributed by atoms with E-state index in [0.717, 1.165) is 22.2 Å². The first-order valence-electron chi connectivity index (χ1n) is 10.2. The van der Waals surface area contributed by atoms with Gasteiger partial charge in [-0.05, 0) is 50.1 Å². The number of methoxy groups -OCH3 is 1. The van der Waals surface area contributed by atoms with E-state index >= 15 is 0 Å². The van der Waals surface area contributed by atoms with Crippen LogP contribution in [-0.4, -0.2) is 31.1 Å². The summed E-state index contributed by atoms with van der Waals surface area (Å²) in [5.74, 6) is 0.454. The Balaban J connectivity index is 1.49. The second-order valence-electron chi connectivity index (χ2n) is 7.75. The second kappa shape index (κ2) is 8.83. The van der Waals surface area contributed by atoms with Gasteiger partial charge in [0, 0.05) is 36.3 Å². The molecule has 6 nitrogen and oxygen atoms in total. The minimum Gasteiger partial charge on any atom is -0.495 e. The van der Waals surface area contributed by atoms with Gasteiger partial charge in [0.05, 0.1) is 28.9 Å². The van der Waals surface area contributed by atoms with Crippen molar-refractivity contribution in [1.82, 2.24) is 4.98 Å². The van der Waals surface area contributed by atoms with Gasteiger partial charge in [-0.25, -0.2) is 0 Å². The monoisotopic (exact) mass is 434 g/mol. The molecule has 158 valence electrons. The van der Waals surface area contributed by atoms with Crippen LogP contribution < -0.4 is 15.0 Å². The van der Waals surface area contributed by atoms with Crippen molar-refractivity contribution in [1.29, 1.82) is 5.26 Å². The number of pyridine rings is 1. The number of benzene rings is 2. The van der Waals surface area contributed by atoms with Crippen molar-refractivity contribution in [3.05, 3.63) is 58.7 Å². The third-order valence-corrected chi connectivity index (χ3v) is 6.01. The number of anilines is 2. The third kappa shape index (κ3) is 4.28. The summed E-state index contributed by atoms with van der Waals surface area (Å²) < 4.78 is 5.15. The number of aryl methyl sites for hydroxylation is 1. The first-order chi connectivity index (χ1) is 15.0. The maximum absolute atomic E-state index is 12.8. The normalized spacial score (nSPS) is 14.3. The zero-order chi connectivity index (χ0) is 22.0. The maximum atomic E-state index is 12.8. The lowest BCUT2D eigenvalue weighted by Crippen LogP contribution is -2.38. The molecule has 2 heterocycles. The van der Waals surface area contributed by atoms with E-state index in [2.05, 4.69) is 27.3 Å². The molecule has 3 aromatic rings. The van der Waals surface area contributed by atoms with E-state index in [0.29, 0.717) is 48.0 Å². The van der Waals surface area contributed by atoms with E-state index < -0.39 is 0 Å². The highest BCUT2D eigenvalue weighted by atomic mass is 35.5. The highest BCUT2D eigenvalue weighted by Gasteiger charge is 2.27. The smallest absolute Gasteiger partial charge is 0.227 e. The van der Waals surface area contributed by atoms with Gasteiger partial charge >= 0.3 is 0 Å². The summed E-state index contributed by atoms with van der Waals surface area (Å²) in [4.78, 5) is 19.4. The van der Waals surface area contributed by atoms with Crippen molar-refractivity contribution in [3.8, 4) is 11.8 Å². The zero-order valence-electron chi connectivity index (χ0n) is 17.5. The number of nitrogens with zero attached hydrogens (tertiary/aromatic N) is 3. The summed E-state index contributed by atoms with van der Waals surface area (Å²) in [5, 5.41) is 14.0. The Bertz CT molecular complexity index is 1180. The average molecular weight is 435 g/mol. The number of piperidine rings is 1. The number of ether oxygens (including phenoxy) is 1. The van der Waals surface area contributed by atoms with Crippen molar-refractivity contribution in [2.75, 3.05) is 30.4 Å². The molecule has 4 rings (SSSR count). The molecular weight excluding hydrogens is 412 g/mol.